The predicted octanol–water partition coefficient (Wildman–Crippen LogP) is 0.815. The molecule has 0 amide bonds. The van der Waals surface area contributed by atoms with Crippen molar-refractivity contribution in [2.45, 2.75) is 13.8 Å². The van der Waals surface area contributed by atoms with E-state index in [9.17, 15) is 4.79 Å². The lowest BCUT2D eigenvalue weighted by atomic mass is 10.2. The van der Waals surface area contributed by atoms with Gasteiger partial charge in [-0.15, -0.1) is 0 Å². The molecule has 72 valence electrons. The molecule has 4 heteroatoms. The second-order valence-electron chi connectivity index (χ2n) is 3.38. The van der Waals surface area contributed by atoms with E-state index in [4.69, 9.17) is 4.74 Å². The predicted molar refractivity (Wildman–Crippen MR) is 49.8 cm³/mol. The summed E-state index contributed by atoms with van der Waals surface area (Å²) >= 11 is 0. The summed E-state index contributed by atoms with van der Waals surface area (Å²) in [6, 6.07) is 0. The van der Waals surface area contributed by atoms with Crippen molar-refractivity contribution in [2.75, 3.05) is 6.61 Å². The molecule has 0 unspecified atom stereocenters. The Morgan fingerprint density at radius 2 is 2.31 bits per heavy atom. The highest BCUT2D eigenvalue weighted by molar-refractivity contribution is 5.11. The molecule has 0 aliphatic rings. The van der Waals surface area contributed by atoms with Crippen LogP contribution in [0.25, 0.3) is 0 Å². The SMILES string of the molecule is CC(C)COc1cncn(C)c1=O. The Labute approximate surface area is 77.2 Å². The highest BCUT2D eigenvalue weighted by Gasteiger charge is 2.03. The maximum absolute atomic E-state index is 11.4. The zero-order chi connectivity index (χ0) is 9.84. The van der Waals surface area contributed by atoms with Gasteiger partial charge in [0.15, 0.2) is 0 Å². The van der Waals surface area contributed by atoms with Crippen LogP contribution in [0.4, 0.5) is 0 Å². The molecule has 1 aromatic heterocycles. The van der Waals surface area contributed by atoms with Crippen LogP contribution in [-0.4, -0.2) is 16.2 Å². The summed E-state index contributed by atoms with van der Waals surface area (Å²) in [6.07, 6.45) is 2.91. The molecule has 13 heavy (non-hydrogen) atoms. The van der Waals surface area contributed by atoms with Gasteiger partial charge >= 0.3 is 0 Å². The second-order valence-corrected chi connectivity index (χ2v) is 3.38. The molecule has 0 spiro atoms. The van der Waals surface area contributed by atoms with Gasteiger partial charge in [0.05, 0.1) is 19.1 Å². The summed E-state index contributed by atoms with van der Waals surface area (Å²) < 4.78 is 6.68. The fraction of sp³-hybridized carbons (Fsp3) is 0.556. The Morgan fingerprint density at radius 1 is 1.62 bits per heavy atom. The first-order valence-corrected chi connectivity index (χ1v) is 4.24. The van der Waals surface area contributed by atoms with Gasteiger partial charge in [-0.25, -0.2) is 4.98 Å². The topological polar surface area (TPSA) is 44.1 Å². The van der Waals surface area contributed by atoms with Crippen molar-refractivity contribution in [1.29, 1.82) is 0 Å². The molecule has 0 saturated carbocycles. The molecule has 0 saturated heterocycles. The molecular weight excluding hydrogens is 168 g/mol. The minimum Gasteiger partial charge on any atom is -0.486 e. The third-order valence-corrected chi connectivity index (χ3v) is 1.53. The van der Waals surface area contributed by atoms with Crippen molar-refractivity contribution in [3.8, 4) is 5.75 Å². The number of nitrogens with zero attached hydrogens (tertiary/aromatic N) is 2. The van der Waals surface area contributed by atoms with Gasteiger partial charge in [0, 0.05) is 7.05 Å². The van der Waals surface area contributed by atoms with Crippen LogP contribution >= 0.6 is 0 Å². The number of aromatic nitrogens is 2. The van der Waals surface area contributed by atoms with E-state index < -0.39 is 0 Å². The van der Waals surface area contributed by atoms with Gasteiger partial charge in [0.25, 0.3) is 5.56 Å². The highest BCUT2D eigenvalue weighted by atomic mass is 16.5. The Balaban J connectivity index is 2.78. The Kier molecular flexibility index (Phi) is 3.06. The lowest BCUT2D eigenvalue weighted by Crippen LogP contribution is -2.20. The maximum atomic E-state index is 11.4. The van der Waals surface area contributed by atoms with E-state index in [0.717, 1.165) is 0 Å². The molecule has 0 radical (unpaired) electrons. The van der Waals surface area contributed by atoms with Crippen LogP contribution in [0.3, 0.4) is 0 Å². The van der Waals surface area contributed by atoms with Crippen molar-refractivity contribution < 1.29 is 4.74 Å². The van der Waals surface area contributed by atoms with Gasteiger partial charge in [0.2, 0.25) is 5.75 Å². The summed E-state index contributed by atoms with van der Waals surface area (Å²) in [4.78, 5) is 15.2. The number of aryl methyl sites for hydroxylation is 1. The number of hydrogen-bond acceptors (Lipinski definition) is 3. The van der Waals surface area contributed by atoms with Crippen LogP contribution in [-0.2, 0) is 7.05 Å². The van der Waals surface area contributed by atoms with Crippen molar-refractivity contribution in [2.24, 2.45) is 13.0 Å². The van der Waals surface area contributed by atoms with Gasteiger partial charge in [0.1, 0.15) is 0 Å². The summed E-state index contributed by atoms with van der Waals surface area (Å²) in [7, 11) is 1.65. The van der Waals surface area contributed by atoms with Crippen LogP contribution in [0.2, 0.25) is 0 Å². The lowest BCUT2D eigenvalue weighted by molar-refractivity contribution is 0.265. The quantitative estimate of drug-likeness (QED) is 0.695. The maximum Gasteiger partial charge on any atom is 0.295 e. The fourth-order valence-electron chi connectivity index (χ4n) is 0.838. The molecule has 0 aliphatic heterocycles. The molecule has 4 nitrogen and oxygen atoms in total. The first kappa shape index (κ1) is 9.77. The van der Waals surface area contributed by atoms with Crippen molar-refractivity contribution in [1.82, 2.24) is 9.55 Å². The third-order valence-electron chi connectivity index (χ3n) is 1.53. The van der Waals surface area contributed by atoms with Gasteiger partial charge in [-0.05, 0) is 5.92 Å². The molecule has 0 bridgehead atoms. The zero-order valence-electron chi connectivity index (χ0n) is 8.15. The normalized spacial score (nSPS) is 10.5. The molecule has 0 N–H and O–H groups in total. The summed E-state index contributed by atoms with van der Waals surface area (Å²) in [5.74, 6) is 0.726. The van der Waals surface area contributed by atoms with E-state index in [2.05, 4.69) is 4.98 Å². The number of ether oxygens (including phenoxy) is 1. The summed E-state index contributed by atoms with van der Waals surface area (Å²) in [5, 5.41) is 0. The van der Waals surface area contributed by atoms with E-state index in [1.807, 2.05) is 13.8 Å². The van der Waals surface area contributed by atoms with Crippen LogP contribution < -0.4 is 10.3 Å². The van der Waals surface area contributed by atoms with Gasteiger partial charge in [-0.2, -0.15) is 0 Å². The second kappa shape index (κ2) is 4.07. The van der Waals surface area contributed by atoms with E-state index in [-0.39, 0.29) is 5.56 Å². The molecule has 0 aromatic carbocycles. The Bertz CT molecular complexity index is 331. The Morgan fingerprint density at radius 3 is 2.92 bits per heavy atom. The lowest BCUT2D eigenvalue weighted by Gasteiger charge is -2.07. The van der Waals surface area contributed by atoms with E-state index in [0.29, 0.717) is 18.3 Å². The fourth-order valence-corrected chi connectivity index (χ4v) is 0.838. The molecule has 0 aliphatic carbocycles. The largest absolute Gasteiger partial charge is 0.486 e. The van der Waals surface area contributed by atoms with Crippen molar-refractivity contribution in [3.05, 3.63) is 22.9 Å². The van der Waals surface area contributed by atoms with Crippen LogP contribution in [0.5, 0.6) is 5.75 Å². The van der Waals surface area contributed by atoms with Gasteiger partial charge < -0.3 is 4.74 Å². The summed E-state index contributed by atoms with van der Waals surface area (Å²) in [6.45, 7) is 4.60. The highest BCUT2D eigenvalue weighted by Crippen LogP contribution is 2.01. The minimum absolute atomic E-state index is 0.143. The van der Waals surface area contributed by atoms with Crippen molar-refractivity contribution in [3.63, 3.8) is 0 Å². The molecule has 0 fully saturated rings. The van der Waals surface area contributed by atoms with E-state index >= 15 is 0 Å². The van der Waals surface area contributed by atoms with E-state index in [1.54, 1.807) is 7.05 Å². The Hall–Kier alpha value is -1.32. The monoisotopic (exact) mass is 182 g/mol. The van der Waals surface area contributed by atoms with Gasteiger partial charge in [-0.3, -0.25) is 9.36 Å². The summed E-state index contributed by atoms with van der Waals surface area (Å²) in [5.41, 5.74) is -0.143. The molecule has 1 heterocycles. The third kappa shape index (κ3) is 2.57. The van der Waals surface area contributed by atoms with Crippen LogP contribution in [0.15, 0.2) is 17.3 Å². The van der Waals surface area contributed by atoms with Crippen molar-refractivity contribution >= 4 is 0 Å². The minimum atomic E-state index is -0.143. The number of hydrogen-bond donors (Lipinski definition) is 0. The van der Waals surface area contributed by atoms with Crippen LogP contribution in [0, 0.1) is 5.92 Å². The first-order valence-electron chi connectivity index (χ1n) is 4.24. The average molecular weight is 182 g/mol. The van der Waals surface area contributed by atoms with Gasteiger partial charge in [-0.1, -0.05) is 13.8 Å². The standard InChI is InChI=1S/C9H14N2O2/c1-7(2)5-13-8-4-10-6-11(3)9(8)12/h4,6-7H,5H2,1-3H3. The molecule has 1 aromatic rings. The molecular formula is C9H14N2O2. The number of rotatable bonds is 3. The first-order chi connectivity index (χ1) is 6.11. The smallest absolute Gasteiger partial charge is 0.295 e. The van der Waals surface area contributed by atoms with E-state index in [1.165, 1.54) is 17.1 Å². The molecule has 0 atom stereocenters. The van der Waals surface area contributed by atoms with Crippen LogP contribution in [0.1, 0.15) is 13.8 Å². The molecule has 1 rings (SSSR count). The zero-order valence-corrected chi connectivity index (χ0v) is 8.15. The average Bonchev–Trinajstić information content (AvgIpc) is 2.07.